The zero-order valence-electron chi connectivity index (χ0n) is 27.8. The van der Waals surface area contributed by atoms with Crippen molar-refractivity contribution in [3.8, 4) is 11.5 Å². The van der Waals surface area contributed by atoms with Gasteiger partial charge in [0, 0.05) is 12.0 Å². The molecule has 0 saturated carbocycles. The third kappa shape index (κ3) is 5.55. The molecule has 254 valence electrons. The molecule has 1 saturated heterocycles. The third-order valence-electron chi connectivity index (χ3n) is 9.60. The Labute approximate surface area is 289 Å². The van der Waals surface area contributed by atoms with Crippen LogP contribution in [-0.4, -0.2) is 67.7 Å². The van der Waals surface area contributed by atoms with Crippen LogP contribution in [0.5, 0.6) is 11.5 Å². The molecule has 3 heterocycles. The molecule has 1 unspecified atom stereocenters. The lowest BCUT2D eigenvalue weighted by atomic mass is 9.57. The van der Waals surface area contributed by atoms with E-state index in [2.05, 4.69) is 20.3 Å². The Kier molecular flexibility index (Phi) is 8.79. The normalized spacial score (nSPS) is 18.8. The minimum absolute atomic E-state index is 0.137. The predicted molar refractivity (Wildman–Crippen MR) is 187 cm³/mol. The third-order valence-corrected chi connectivity index (χ3v) is 9.60. The number of carbonyl (C=O) groups excluding carboxylic acids is 1. The Morgan fingerprint density at radius 3 is 1.96 bits per heavy atom. The van der Waals surface area contributed by atoms with Gasteiger partial charge in [-0.25, -0.2) is 15.0 Å². The molecular weight excluding hydrogens is 634 g/mol. The summed E-state index contributed by atoms with van der Waals surface area (Å²) in [6.07, 6.45) is 0.0916. The van der Waals surface area contributed by atoms with Crippen LogP contribution in [0.2, 0.25) is 0 Å². The van der Waals surface area contributed by atoms with Crippen molar-refractivity contribution in [2.45, 2.75) is 42.8 Å². The second-order valence-corrected chi connectivity index (χ2v) is 12.4. The SMILES string of the molecule is COc1ccc(C(c2ccccc2)(c2ccc(OC)cc2)C(C)(O)[C@H]2O[C@@H](n3cnc4c(NC(=O)c5ccccc5)ncnc43)C[C@@H]2O)cc1. The second-order valence-electron chi connectivity index (χ2n) is 12.4. The highest BCUT2D eigenvalue weighted by Gasteiger charge is 2.60. The summed E-state index contributed by atoms with van der Waals surface area (Å²) in [6.45, 7) is 1.70. The molecule has 11 heteroatoms. The molecule has 1 fully saturated rings. The van der Waals surface area contributed by atoms with E-state index < -0.39 is 29.5 Å². The molecule has 0 spiro atoms. The van der Waals surface area contributed by atoms with E-state index in [1.807, 2.05) is 84.9 Å². The zero-order valence-corrected chi connectivity index (χ0v) is 27.8. The van der Waals surface area contributed by atoms with Crippen molar-refractivity contribution in [1.82, 2.24) is 19.5 Å². The van der Waals surface area contributed by atoms with Crippen LogP contribution in [-0.2, 0) is 10.2 Å². The number of hydrogen-bond acceptors (Lipinski definition) is 9. The number of aliphatic hydroxyl groups excluding tert-OH is 1. The summed E-state index contributed by atoms with van der Waals surface area (Å²) in [5, 5.41) is 27.8. The molecule has 1 aliphatic rings. The monoisotopic (exact) mass is 671 g/mol. The number of hydrogen-bond donors (Lipinski definition) is 3. The number of aliphatic hydroxyl groups is 2. The first kappa shape index (κ1) is 32.9. The highest BCUT2D eigenvalue weighted by Crippen LogP contribution is 2.53. The molecule has 4 atom stereocenters. The maximum Gasteiger partial charge on any atom is 0.256 e. The number of nitrogens with one attached hydrogen (secondary N) is 1. The van der Waals surface area contributed by atoms with Gasteiger partial charge in [0.2, 0.25) is 0 Å². The summed E-state index contributed by atoms with van der Waals surface area (Å²) < 4.78 is 19.3. The van der Waals surface area contributed by atoms with Crippen LogP contribution < -0.4 is 14.8 Å². The van der Waals surface area contributed by atoms with Gasteiger partial charge in [-0.05, 0) is 60.0 Å². The number of anilines is 1. The number of carbonyl (C=O) groups is 1. The van der Waals surface area contributed by atoms with Crippen LogP contribution >= 0.6 is 0 Å². The largest absolute Gasteiger partial charge is 0.497 e. The molecule has 6 aromatic rings. The van der Waals surface area contributed by atoms with Crippen LogP contribution in [0.25, 0.3) is 11.2 Å². The number of amides is 1. The van der Waals surface area contributed by atoms with Crippen LogP contribution in [0.1, 0.15) is 46.6 Å². The molecule has 50 heavy (non-hydrogen) atoms. The Morgan fingerprint density at radius 2 is 1.38 bits per heavy atom. The van der Waals surface area contributed by atoms with E-state index in [9.17, 15) is 15.0 Å². The van der Waals surface area contributed by atoms with Crippen LogP contribution in [0.4, 0.5) is 5.82 Å². The van der Waals surface area contributed by atoms with E-state index in [0.29, 0.717) is 28.2 Å². The molecule has 1 amide bonds. The van der Waals surface area contributed by atoms with E-state index >= 15 is 0 Å². The lowest BCUT2D eigenvalue weighted by Crippen LogP contribution is -2.60. The maximum atomic E-state index is 13.1. The van der Waals surface area contributed by atoms with E-state index in [4.69, 9.17) is 14.2 Å². The van der Waals surface area contributed by atoms with Gasteiger partial charge in [-0.15, -0.1) is 0 Å². The van der Waals surface area contributed by atoms with Crippen molar-refractivity contribution >= 4 is 22.9 Å². The average molecular weight is 672 g/mol. The van der Waals surface area contributed by atoms with Gasteiger partial charge in [0.1, 0.15) is 35.8 Å². The van der Waals surface area contributed by atoms with Gasteiger partial charge in [0.25, 0.3) is 5.91 Å². The van der Waals surface area contributed by atoms with Crippen molar-refractivity contribution < 1.29 is 29.2 Å². The first-order chi connectivity index (χ1) is 24.3. The molecule has 0 bridgehead atoms. The van der Waals surface area contributed by atoms with Gasteiger partial charge in [-0.3, -0.25) is 9.36 Å². The average Bonchev–Trinajstić information content (AvgIpc) is 3.77. The first-order valence-electron chi connectivity index (χ1n) is 16.2. The summed E-state index contributed by atoms with van der Waals surface area (Å²) in [6, 6.07) is 33.6. The first-order valence-corrected chi connectivity index (χ1v) is 16.2. The van der Waals surface area contributed by atoms with Gasteiger partial charge < -0.3 is 29.7 Å². The van der Waals surface area contributed by atoms with Crippen molar-refractivity contribution in [3.63, 3.8) is 0 Å². The summed E-state index contributed by atoms with van der Waals surface area (Å²) in [5.41, 5.74) is 0.548. The van der Waals surface area contributed by atoms with Gasteiger partial charge >= 0.3 is 0 Å². The van der Waals surface area contributed by atoms with Crippen molar-refractivity contribution in [3.05, 3.63) is 144 Å². The Hall–Kier alpha value is -5.62. The highest BCUT2D eigenvalue weighted by atomic mass is 16.5. The van der Waals surface area contributed by atoms with Gasteiger partial charge in [-0.1, -0.05) is 72.8 Å². The lowest BCUT2D eigenvalue weighted by molar-refractivity contribution is -0.151. The number of nitrogens with zero attached hydrogens (tertiary/aromatic N) is 4. The number of fused-ring (bicyclic) bond motifs is 1. The van der Waals surface area contributed by atoms with Crippen molar-refractivity contribution in [2.24, 2.45) is 0 Å². The zero-order chi connectivity index (χ0) is 34.9. The van der Waals surface area contributed by atoms with E-state index in [0.717, 1.165) is 16.7 Å². The molecule has 0 aliphatic carbocycles. The van der Waals surface area contributed by atoms with Crippen molar-refractivity contribution in [2.75, 3.05) is 19.5 Å². The standard InChI is InChI=1S/C39H37N5O6/c1-38(47,39(26-12-8-5-9-13-26,27-14-18-29(48-2)19-15-27)28-16-20-30(49-3)21-17-28)34-31(45)22-32(50-34)44-24-42-33-35(40-23-41-36(33)44)43-37(46)25-10-6-4-7-11-25/h4-21,23-24,31-32,34,45,47H,22H2,1-3H3,(H,40,41,43,46)/t31-,32+,34-,38?/m0/s1. The Bertz CT molecular complexity index is 2040. The fraction of sp³-hybridized carbons (Fsp3) is 0.231. The summed E-state index contributed by atoms with van der Waals surface area (Å²) in [5.74, 6) is 1.23. The second kappa shape index (κ2) is 13.4. The molecule has 7 rings (SSSR count). The predicted octanol–water partition coefficient (Wildman–Crippen LogP) is 5.53. The number of ether oxygens (including phenoxy) is 3. The fourth-order valence-electron chi connectivity index (χ4n) is 7.22. The van der Waals surface area contributed by atoms with Gasteiger partial charge in [0.15, 0.2) is 17.0 Å². The summed E-state index contributed by atoms with van der Waals surface area (Å²) >= 11 is 0. The molecule has 4 aromatic carbocycles. The molecule has 11 nitrogen and oxygen atoms in total. The van der Waals surface area contributed by atoms with E-state index in [1.54, 1.807) is 56.3 Å². The summed E-state index contributed by atoms with van der Waals surface area (Å²) in [4.78, 5) is 26.2. The topological polar surface area (TPSA) is 141 Å². The number of aromatic nitrogens is 4. The molecule has 1 aliphatic heterocycles. The molecular formula is C39H37N5O6. The van der Waals surface area contributed by atoms with Crippen LogP contribution in [0.3, 0.4) is 0 Å². The highest BCUT2D eigenvalue weighted by molar-refractivity contribution is 6.06. The smallest absolute Gasteiger partial charge is 0.256 e. The Balaban J connectivity index is 1.30. The number of methoxy groups -OCH3 is 2. The fourth-order valence-corrected chi connectivity index (χ4v) is 7.22. The van der Waals surface area contributed by atoms with E-state index in [1.165, 1.54) is 6.33 Å². The van der Waals surface area contributed by atoms with Gasteiger partial charge in [-0.2, -0.15) is 0 Å². The number of rotatable bonds is 10. The number of imidazole rings is 1. The van der Waals surface area contributed by atoms with Crippen molar-refractivity contribution in [1.29, 1.82) is 0 Å². The Morgan fingerprint density at radius 1 is 0.820 bits per heavy atom. The molecule has 2 aromatic heterocycles. The summed E-state index contributed by atoms with van der Waals surface area (Å²) in [7, 11) is 3.21. The number of benzene rings is 4. The minimum Gasteiger partial charge on any atom is -0.497 e. The van der Waals surface area contributed by atoms with Crippen LogP contribution in [0.15, 0.2) is 122 Å². The lowest BCUT2D eigenvalue weighted by Gasteiger charge is -2.50. The molecule has 3 N–H and O–H groups in total. The minimum atomic E-state index is -1.76. The quantitative estimate of drug-likeness (QED) is 0.160. The van der Waals surface area contributed by atoms with Gasteiger partial charge in [0.05, 0.1) is 32.1 Å². The molecule has 0 radical (unpaired) electrons. The van der Waals surface area contributed by atoms with Crippen LogP contribution in [0, 0.1) is 0 Å². The maximum absolute atomic E-state index is 13.1. The van der Waals surface area contributed by atoms with E-state index in [-0.39, 0.29) is 18.1 Å².